The second kappa shape index (κ2) is 12.8. The van der Waals surface area contributed by atoms with Gasteiger partial charge in [0, 0.05) is 43.0 Å². The third kappa shape index (κ3) is 6.81. The highest BCUT2D eigenvalue weighted by atomic mass is 32.2. The molecule has 0 aliphatic carbocycles. The summed E-state index contributed by atoms with van der Waals surface area (Å²) >= 11 is 0.753. The van der Waals surface area contributed by atoms with Gasteiger partial charge in [0.1, 0.15) is 33.1 Å². The number of aromatic nitrogens is 2. The Balaban J connectivity index is 1.25. The number of thiophene rings is 1. The molecule has 10 nitrogen and oxygen atoms in total. The number of para-hydroxylation sites is 1. The van der Waals surface area contributed by atoms with Crippen LogP contribution in [0.3, 0.4) is 0 Å². The van der Waals surface area contributed by atoms with Gasteiger partial charge in [0.15, 0.2) is 0 Å². The summed E-state index contributed by atoms with van der Waals surface area (Å²) < 4.78 is 76.6. The normalized spacial score (nSPS) is 20.6. The molecule has 6 rings (SSSR count). The summed E-state index contributed by atoms with van der Waals surface area (Å²) in [6, 6.07) is 13.2. The Hall–Kier alpha value is -3.92. The predicted molar refractivity (Wildman–Crippen MR) is 180 cm³/mol. The first-order valence-corrected chi connectivity index (χ1v) is 18.1. The third-order valence-corrected chi connectivity index (χ3v) is 12.2. The molecular weight excluding hydrogens is 680 g/mol. The van der Waals surface area contributed by atoms with Gasteiger partial charge in [0.25, 0.3) is 15.9 Å². The first-order valence-electron chi connectivity index (χ1n) is 15.8. The van der Waals surface area contributed by atoms with Crippen molar-refractivity contribution in [2.75, 3.05) is 18.4 Å². The van der Waals surface area contributed by atoms with Gasteiger partial charge in [-0.1, -0.05) is 18.2 Å². The number of halogens is 3. The van der Waals surface area contributed by atoms with E-state index in [1.807, 2.05) is 36.9 Å². The molecule has 1 amide bonds. The molecule has 49 heavy (non-hydrogen) atoms. The van der Waals surface area contributed by atoms with Gasteiger partial charge in [0.2, 0.25) is 0 Å². The number of nitrogens with zero attached hydrogens (tertiary/aromatic N) is 3. The maximum atomic E-state index is 13.9. The molecule has 4 aromatic rings. The fourth-order valence-electron chi connectivity index (χ4n) is 6.54. The topological polar surface area (TPSA) is 126 Å². The number of aliphatic hydroxyl groups is 1. The molecule has 1 saturated heterocycles. The minimum atomic E-state index is -4.62. The van der Waals surface area contributed by atoms with E-state index in [9.17, 15) is 31.5 Å². The lowest BCUT2D eigenvalue weighted by Gasteiger charge is -2.42. The van der Waals surface area contributed by atoms with Crippen LogP contribution in [0.15, 0.2) is 58.8 Å². The quantitative estimate of drug-likeness (QED) is 0.203. The van der Waals surface area contributed by atoms with Gasteiger partial charge in [-0.25, -0.2) is 13.1 Å². The second-order valence-corrected chi connectivity index (χ2v) is 16.1. The van der Waals surface area contributed by atoms with Crippen LogP contribution in [-0.4, -0.2) is 64.9 Å². The van der Waals surface area contributed by atoms with Gasteiger partial charge in [0.05, 0.1) is 10.9 Å². The molecular formula is C34H38F3N5O5S2. The van der Waals surface area contributed by atoms with Crippen LogP contribution in [0.2, 0.25) is 0 Å². The van der Waals surface area contributed by atoms with Crippen molar-refractivity contribution in [3.63, 3.8) is 0 Å². The van der Waals surface area contributed by atoms with Gasteiger partial charge in [-0.15, -0.1) is 11.3 Å². The third-order valence-electron chi connectivity index (χ3n) is 9.18. The zero-order chi connectivity index (χ0) is 35.5. The average Bonchev–Trinajstić information content (AvgIpc) is 3.78. The molecule has 1 fully saturated rings. The van der Waals surface area contributed by atoms with Gasteiger partial charge < -0.3 is 20.1 Å². The fraction of sp³-hybridized carbons (Fsp3) is 0.412. The first-order chi connectivity index (χ1) is 23.0. The summed E-state index contributed by atoms with van der Waals surface area (Å²) in [6.07, 6.45) is -4.31. The van der Waals surface area contributed by atoms with Crippen LogP contribution in [-0.2, 0) is 23.2 Å². The lowest BCUT2D eigenvalue weighted by Crippen LogP contribution is -2.53. The zero-order valence-corrected chi connectivity index (χ0v) is 29.3. The first kappa shape index (κ1) is 34.9. The smallest absolute Gasteiger partial charge is 0.433 e. The van der Waals surface area contributed by atoms with Crippen LogP contribution < -0.4 is 14.8 Å². The van der Waals surface area contributed by atoms with Gasteiger partial charge in [-0.3, -0.25) is 9.48 Å². The van der Waals surface area contributed by atoms with E-state index in [1.165, 1.54) is 12.1 Å². The maximum absolute atomic E-state index is 13.9. The Morgan fingerprint density at radius 2 is 1.84 bits per heavy atom. The van der Waals surface area contributed by atoms with E-state index in [-0.39, 0.29) is 26.7 Å². The van der Waals surface area contributed by atoms with Gasteiger partial charge in [-0.2, -0.15) is 18.3 Å². The number of hydrogen-bond acceptors (Lipinski definition) is 8. The van der Waals surface area contributed by atoms with Crippen molar-refractivity contribution in [2.45, 2.75) is 74.7 Å². The highest BCUT2D eigenvalue weighted by Gasteiger charge is 2.45. The number of nitrogens with one attached hydrogen (secondary N) is 2. The summed E-state index contributed by atoms with van der Waals surface area (Å²) in [5, 5.41) is 18.8. The number of hydrogen-bond donors (Lipinski definition) is 3. The predicted octanol–water partition coefficient (Wildman–Crippen LogP) is 6.05. The molecule has 2 aliphatic heterocycles. The number of alkyl halides is 3. The number of carbonyl (C=O) groups is 1. The Bertz CT molecular complexity index is 1990. The van der Waals surface area contributed by atoms with Crippen molar-refractivity contribution in [3.8, 4) is 16.3 Å². The lowest BCUT2D eigenvalue weighted by atomic mass is 9.86. The van der Waals surface area contributed by atoms with Crippen molar-refractivity contribution < 1.29 is 36.2 Å². The van der Waals surface area contributed by atoms with Crippen LogP contribution in [0.4, 0.5) is 18.9 Å². The number of amides is 1. The Morgan fingerprint density at radius 3 is 2.51 bits per heavy atom. The van der Waals surface area contributed by atoms with E-state index >= 15 is 0 Å². The molecule has 3 N–H and O–H groups in total. The standard InChI is InChI=1S/C34H38F3N5O5S2/c1-19-8-6-9-20(2)29(19)38-18-22-10-7-15-42(22)32(44)21-11-12-25-23(16-21)30(31(43)33(3,4)47-25)40-49(45,46)28-14-13-26(48-28)24-17-27(34(35,36)37)41(5)39-24/h6,8-9,11-14,16-17,22,30-31,38,40,43H,7,10,15,18H2,1-5H3. The minimum absolute atomic E-state index is 0.0218. The Kier molecular flexibility index (Phi) is 9.09. The van der Waals surface area contributed by atoms with Crippen LogP contribution in [0.5, 0.6) is 5.75 Å². The second-order valence-electron chi connectivity index (χ2n) is 13.1. The minimum Gasteiger partial charge on any atom is -0.485 e. The van der Waals surface area contributed by atoms with Crippen LogP contribution >= 0.6 is 11.3 Å². The number of rotatable bonds is 8. The molecule has 262 valence electrons. The fourth-order valence-corrected chi connectivity index (χ4v) is 9.03. The number of likely N-dealkylation sites (tertiary alicyclic amines) is 1. The summed E-state index contributed by atoms with van der Waals surface area (Å²) in [4.78, 5) is 16.0. The average molecular weight is 718 g/mol. The molecule has 2 aromatic heterocycles. The number of ether oxygens (including phenoxy) is 1. The lowest BCUT2D eigenvalue weighted by molar-refractivity contribution is -0.143. The molecule has 3 atom stereocenters. The summed E-state index contributed by atoms with van der Waals surface area (Å²) in [6.45, 7) is 8.46. The van der Waals surface area contributed by atoms with E-state index in [1.54, 1.807) is 32.0 Å². The molecule has 4 heterocycles. The SMILES string of the molecule is Cc1cccc(C)c1NCC1CCCN1C(=O)c1ccc2c(c1)C(NS(=O)(=O)c1ccc(-c3cc(C(F)(F)F)n(C)n3)s1)C(O)C(C)(C)O2. The number of benzene rings is 2. The molecule has 0 bridgehead atoms. The van der Waals surface area contributed by atoms with Gasteiger partial charge in [-0.05, 0) is 88.1 Å². The highest BCUT2D eigenvalue weighted by Crippen LogP contribution is 2.42. The van der Waals surface area contributed by atoms with E-state index < -0.39 is 39.6 Å². The van der Waals surface area contributed by atoms with Crippen LogP contribution in [0.1, 0.15) is 65.5 Å². The van der Waals surface area contributed by atoms with E-state index in [2.05, 4.69) is 15.1 Å². The Morgan fingerprint density at radius 1 is 1.12 bits per heavy atom. The van der Waals surface area contributed by atoms with Crippen molar-refractivity contribution in [1.82, 2.24) is 19.4 Å². The van der Waals surface area contributed by atoms with Gasteiger partial charge >= 0.3 is 6.18 Å². The van der Waals surface area contributed by atoms with Crippen molar-refractivity contribution in [1.29, 1.82) is 0 Å². The van der Waals surface area contributed by atoms with E-state index in [0.717, 1.165) is 54.1 Å². The van der Waals surface area contributed by atoms with Crippen molar-refractivity contribution in [2.24, 2.45) is 7.05 Å². The van der Waals surface area contributed by atoms with Crippen LogP contribution in [0.25, 0.3) is 10.6 Å². The molecule has 2 aromatic carbocycles. The van der Waals surface area contributed by atoms with E-state index in [4.69, 9.17) is 4.74 Å². The monoisotopic (exact) mass is 717 g/mol. The summed E-state index contributed by atoms with van der Waals surface area (Å²) in [7, 11) is -3.15. The molecule has 0 saturated carbocycles. The number of aryl methyl sites for hydroxylation is 3. The highest BCUT2D eigenvalue weighted by molar-refractivity contribution is 7.91. The molecule has 3 unspecified atom stereocenters. The largest absolute Gasteiger partial charge is 0.485 e. The molecule has 2 aliphatic rings. The Labute approximate surface area is 286 Å². The van der Waals surface area contributed by atoms with Crippen LogP contribution in [0, 0.1) is 13.8 Å². The molecule has 0 spiro atoms. The number of sulfonamides is 1. The van der Waals surface area contributed by atoms with E-state index in [0.29, 0.717) is 34.6 Å². The number of fused-ring (bicyclic) bond motifs is 1. The summed E-state index contributed by atoms with van der Waals surface area (Å²) in [5.41, 5.74) is 1.71. The molecule has 0 radical (unpaired) electrons. The zero-order valence-electron chi connectivity index (χ0n) is 27.6. The summed E-state index contributed by atoms with van der Waals surface area (Å²) in [5.74, 6) is 0.0975. The number of anilines is 1. The van der Waals surface area contributed by atoms with Crippen molar-refractivity contribution in [3.05, 3.63) is 82.5 Å². The number of aliphatic hydroxyl groups excluding tert-OH is 1. The molecule has 15 heteroatoms. The number of carbonyl (C=O) groups excluding carboxylic acids is 1. The van der Waals surface area contributed by atoms with Crippen molar-refractivity contribution >= 4 is 33.0 Å². The maximum Gasteiger partial charge on any atom is 0.433 e.